The van der Waals surface area contributed by atoms with E-state index in [1.165, 1.54) is 23.5 Å². The Morgan fingerprint density at radius 1 is 1.20 bits per heavy atom. The predicted molar refractivity (Wildman–Crippen MR) is 95.0 cm³/mol. The summed E-state index contributed by atoms with van der Waals surface area (Å²) in [5.41, 5.74) is 5.07. The first-order valence-corrected chi connectivity index (χ1v) is 8.95. The van der Waals surface area contributed by atoms with Crippen LogP contribution in [-0.4, -0.2) is 58.4 Å². The van der Waals surface area contributed by atoms with Crippen LogP contribution in [0.1, 0.15) is 10.5 Å². The number of fused-ring (bicyclic) bond motifs is 1. The van der Waals surface area contributed by atoms with Crippen molar-refractivity contribution in [3.63, 3.8) is 0 Å². The van der Waals surface area contributed by atoms with Gasteiger partial charge in [0.05, 0.1) is 5.69 Å². The molecule has 3 aromatic rings. The average molecular weight is 359 g/mol. The van der Waals surface area contributed by atoms with Gasteiger partial charge in [-0.2, -0.15) is 0 Å². The number of nitrogens with one attached hydrogen (secondary N) is 1. The van der Waals surface area contributed by atoms with Gasteiger partial charge in [-0.15, -0.1) is 11.3 Å². The molecular weight excluding hydrogens is 341 g/mol. The second kappa shape index (κ2) is 6.55. The molecule has 1 aliphatic rings. The number of halogens is 1. The maximum absolute atomic E-state index is 13.1. The fourth-order valence-corrected chi connectivity index (χ4v) is 3.68. The summed E-state index contributed by atoms with van der Waals surface area (Å²) in [5, 5.41) is 3.76. The van der Waals surface area contributed by atoms with Crippen LogP contribution in [0.15, 0.2) is 35.8 Å². The van der Waals surface area contributed by atoms with Crippen LogP contribution in [0.4, 0.5) is 4.39 Å². The second-order valence-electron chi connectivity index (χ2n) is 6.14. The fourth-order valence-electron chi connectivity index (χ4n) is 2.83. The van der Waals surface area contributed by atoms with Crippen molar-refractivity contribution in [2.24, 2.45) is 0 Å². The minimum atomic E-state index is -0.281. The Kier molecular flexibility index (Phi) is 4.24. The van der Waals surface area contributed by atoms with Crippen LogP contribution in [0.25, 0.3) is 16.2 Å². The largest absolute Gasteiger partial charge is 0.304 e. The molecule has 1 aliphatic heterocycles. The normalized spacial score (nSPS) is 16.4. The van der Waals surface area contributed by atoms with Gasteiger partial charge >= 0.3 is 0 Å². The number of likely N-dealkylation sites (N-methyl/N-ethyl adjacent to an activating group) is 1. The van der Waals surface area contributed by atoms with Gasteiger partial charge in [-0.1, -0.05) is 0 Å². The molecule has 6 nitrogen and oxygen atoms in total. The minimum absolute atomic E-state index is 0.140. The van der Waals surface area contributed by atoms with Gasteiger partial charge in [0.15, 0.2) is 4.96 Å². The Balaban J connectivity index is 1.55. The lowest BCUT2D eigenvalue weighted by atomic mass is 10.2. The molecule has 0 unspecified atom stereocenters. The van der Waals surface area contributed by atoms with Gasteiger partial charge in [0.1, 0.15) is 11.5 Å². The molecule has 0 saturated carbocycles. The highest BCUT2D eigenvalue weighted by molar-refractivity contribution is 7.15. The molecule has 1 saturated heterocycles. The molecule has 1 amide bonds. The molecule has 4 rings (SSSR count). The van der Waals surface area contributed by atoms with E-state index < -0.39 is 0 Å². The Morgan fingerprint density at radius 2 is 1.92 bits per heavy atom. The summed E-state index contributed by atoms with van der Waals surface area (Å²) >= 11 is 1.41. The molecule has 1 N–H and O–H groups in total. The predicted octanol–water partition coefficient (Wildman–Crippen LogP) is 2.09. The highest BCUT2D eigenvalue weighted by Gasteiger charge is 2.20. The molecule has 2 aromatic heterocycles. The number of thiazole rings is 1. The molecule has 1 fully saturated rings. The zero-order chi connectivity index (χ0) is 17.4. The summed E-state index contributed by atoms with van der Waals surface area (Å²) in [5.74, 6) is -0.420. The number of aromatic nitrogens is 2. The lowest BCUT2D eigenvalue weighted by Gasteiger charge is -2.32. The molecule has 130 valence electrons. The molecule has 3 heterocycles. The number of hydrazine groups is 1. The summed E-state index contributed by atoms with van der Waals surface area (Å²) in [6, 6.07) is 6.19. The van der Waals surface area contributed by atoms with Crippen molar-refractivity contribution >= 4 is 22.2 Å². The minimum Gasteiger partial charge on any atom is -0.304 e. The molecule has 0 radical (unpaired) electrons. The lowest BCUT2D eigenvalue weighted by molar-refractivity contribution is 0.0657. The lowest BCUT2D eigenvalue weighted by Crippen LogP contribution is -2.52. The van der Waals surface area contributed by atoms with E-state index in [0.717, 1.165) is 42.4 Å². The van der Waals surface area contributed by atoms with E-state index >= 15 is 0 Å². The first-order chi connectivity index (χ1) is 12.1. The van der Waals surface area contributed by atoms with Crippen molar-refractivity contribution in [3.05, 3.63) is 47.4 Å². The van der Waals surface area contributed by atoms with Crippen LogP contribution in [0, 0.1) is 5.82 Å². The molecule has 0 bridgehead atoms. The number of imidazole rings is 1. The highest BCUT2D eigenvalue weighted by Crippen LogP contribution is 2.24. The molecule has 1 aromatic carbocycles. The summed E-state index contributed by atoms with van der Waals surface area (Å²) in [6.07, 6.45) is 1.82. The van der Waals surface area contributed by atoms with E-state index in [1.54, 1.807) is 16.5 Å². The SMILES string of the molecule is CN1CCN(NC(=O)c2csc3nc(-c4ccc(F)cc4)cn23)CC1. The van der Waals surface area contributed by atoms with E-state index in [1.807, 2.05) is 16.6 Å². The third-order valence-electron chi connectivity index (χ3n) is 4.34. The van der Waals surface area contributed by atoms with E-state index in [-0.39, 0.29) is 11.7 Å². The number of amides is 1. The third kappa shape index (κ3) is 3.28. The zero-order valence-electron chi connectivity index (χ0n) is 13.8. The van der Waals surface area contributed by atoms with Gasteiger partial charge in [-0.3, -0.25) is 14.6 Å². The number of benzene rings is 1. The second-order valence-corrected chi connectivity index (χ2v) is 6.97. The van der Waals surface area contributed by atoms with E-state index in [9.17, 15) is 9.18 Å². The van der Waals surface area contributed by atoms with Gasteiger partial charge in [-0.25, -0.2) is 14.4 Å². The van der Waals surface area contributed by atoms with Gasteiger partial charge in [0.25, 0.3) is 5.91 Å². The summed E-state index contributed by atoms with van der Waals surface area (Å²) in [7, 11) is 2.07. The Morgan fingerprint density at radius 3 is 2.64 bits per heavy atom. The first-order valence-electron chi connectivity index (χ1n) is 8.07. The van der Waals surface area contributed by atoms with Crippen LogP contribution in [0.5, 0.6) is 0 Å². The number of rotatable bonds is 3. The standard InChI is InChI=1S/C17H18FN5OS/c1-21-6-8-22(9-7-21)20-16(24)15-11-25-17-19-14(10-23(15)17)12-2-4-13(18)5-3-12/h2-5,10-11H,6-9H2,1H3,(H,20,24). The van der Waals surface area contributed by atoms with E-state index in [0.29, 0.717) is 5.69 Å². The number of hydrogen-bond acceptors (Lipinski definition) is 5. The molecule has 0 aliphatic carbocycles. The van der Waals surface area contributed by atoms with Crippen LogP contribution in [0.2, 0.25) is 0 Å². The Bertz CT molecular complexity index is 896. The Hall–Kier alpha value is -2.29. The molecule has 0 spiro atoms. The summed E-state index contributed by atoms with van der Waals surface area (Å²) in [6.45, 7) is 3.47. The van der Waals surface area contributed by atoms with Crippen molar-refractivity contribution in [3.8, 4) is 11.3 Å². The molecule has 25 heavy (non-hydrogen) atoms. The highest BCUT2D eigenvalue weighted by atomic mass is 32.1. The topological polar surface area (TPSA) is 52.9 Å². The van der Waals surface area contributed by atoms with Crippen molar-refractivity contribution in [2.75, 3.05) is 33.2 Å². The number of nitrogens with zero attached hydrogens (tertiary/aromatic N) is 4. The van der Waals surface area contributed by atoms with Gasteiger partial charge in [0, 0.05) is 43.3 Å². The van der Waals surface area contributed by atoms with E-state index in [4.69, 9.17) is 0 Å². The van der Waals surface area contributed by atoms with Crippen molar-refractivity contribution in [1.29, 1.82) is 0 Å². The third-order valence-corrected chi connectivity index (χ3v) is 5.18. The zero-order valence-corrected chi connectivity index (χ0v) is 14.6. The van der Waals surface area contributed by atoms with Crippen LogP contribution < -0.4 is 5.43 Å². The van der Waals surface area contributed by atoms with Crippen molar-refractivity contribution in [1.82, 2.24) is 24.7 Å². The molecule has 8 heteroatoms. The summed E-state index contributed by atoms with van der Waals surface area (Å²) < 4.78 is 14.9. The number of carbonyl (C=O) groups excluding carboxylic acids is 1. The van der Waals surface area contributed by atoms with Gasteiger partial charge in [0.2, 0.25) is 0 Å². The number of piperazine rings is 1. The van der Waals surface area contributed by atoms with Gasteiger partial charge in [-0.05, 0) is 31.3 Å². The van der Waals surface area contributed by atoms with E-state index in [2.05, 4.69) is 22.4 Å². The maximum atomic E-state index is 13.1. The first kappa shape index (κ1) is 16.2. The van der Waals surface area contributed by atoms with Crippen LogP contribution >= 0.6 is 11.3 Å². The smallest absolute Gasteiger partial charge is 0.283 e. The van der Waals surface area contributed by atoms with Crippen LogP contribution in [-0.2, 0) is 0 Å². The average Bonchev–Trinajstić information content (AvgIpc) is 3.18. The van der Waals surface area contributed by atoms with Crippen molar-refractivity contribution < 1.29 is 9.18 Å². The number of carbonyl (C=O) groups is 1. The fraction of sp³-hybridized carbons (Fsp3) is 0.294. The number of hydrogen-bond donors (Lipinski definition) is 1. The quantitative estimate of drug-likeness (QED) is 0.778. The summed E-state index contributed by atoms with van der Waals surface area (Å²) in [4.78, 5) is 20.1. The Labute approximate surface area is 148 Å². The van der Waals surface area contributed by atoms with Crippen LogP contribution in [0.3, 0.4) is 0 Å². The molecular formula is C17H18FN5OS. The van der Waals surface area contributed by atoms with Crippen molar-refractivity contribution in [2.45, 2.75) is 0 Å². The molecule has 0 atom stereocenters. The monoisotopic (exact) mass is 359 g/mol. The van der Waals surface area contributed by atoms with Gasteiger partial charge < -0.3 is 4.90 Å². The maximum Gasteiger partial charge on any atom is 0.283 e.